The summed E-state index contributed by atoms with van der Waals surface area (Å²) in [4.78, 5) is 0. The molecule has 0 bridgehead atoms. The van der Waals surface area contributed by atoms with E-state index < -0.39 is 14.2 Å². The van der Waals surface area contributed by atoms with Gasteiger partial charge in [0.15, 0.2) is 0 Å². The third-order valence-corrected chi connectivity index (χ3v) is 5.99. The zero-order valence-corrected chi connectivity index (χ0v) is 18.0. The molecule has 0 unspecified atom stereocenters. The average Bonchev–Trinajstić information content (AvgIpc) is 2.67. The molecule has 2 rings (SSSR count). The molecule has 2 fully saturated rings. The van der Waals surface area contributed by atoms with E-state index in [0.717, 1.165) is 0 Å². The summed E-state index contributed by atoms with van der Waals surface area (Å²) in [6, 6.07) is 0. The highest BCUT2D eigenvalue weighted by atomic mass is 16.7. The predicted molar refractivity (Wildman–Crippen MR) is 105 cm³/mol. The van der Waals surface area contributed by atoms with Gasteiger partial charge in [0.2, 0.25) is 0 Å². The molecule has 0 atom stereocenters. The van der Waals surface area contributed by atoms with Crippen molar-refractivity contribution in [3.05, 3.63) is 12.2 Å². The van der Waals surface area contributed by atoms with Crippen molar-refractivity contribution in [1.29, 1.82) is 0 Å². The highest BCUT2D eigenvalue weighted by molar-refractivity contribution is 6.69. The van der Waals surface area contributed by atoms with Gasteiger partial charge in [-0.15, -0.1) is 0 Å². The molecular formula is C19H36B2O4. The SMILES string of the molecule is CC(C)(C)/C=C/C(B1OC(C)(C)C(C)(C)O1)B1OC(C)(C)C(C)(C)O1. The normalized spacial score (nSPS) is 27.7. The summed E-state index contributed by atoms with van der Waals surface area (Å²) < 4.78 is 25.2. The molecule has 0 saturated carbocycles. The van der Waals surface area contributed by atoms with Gasteiger partial charge < -0.3 is 18.6 Å². The van der Waals surface area contributed by atoms with Crippen molar-refractivity contribution in [2.45, 2.75) is 104 Å². The van der Waals surface area contributed by atoms with E-state index in [0.29, 0.717) is 0 Å². The molecule has 2 heterocycles. The molecule has 6 heteroatoms. The summed E-state index contributed by atoms with van der Waals surface area (Å²) in [7, 11) is -0.809. The van der Waals surface area contributed by atoms with Crippen LogP contribution < -0.4 is 0 Å². The first kappa shape index (κ1) is 21.0. The third-order valence-electron chi connectivity index (χ3n) is 5.99. The van der Waals surface area contributed by atoms with E-state index in [1.807, 2.05) is 0 Å². The fraction of sp³-hybridized carbons (Fsp3) is 0.895. The van der Waals surface area contributed by atoms with Gasteiger partial charge in [0.25, 0.3) is 0 Å². The predicted octanol–water partition coefficient (Wildman–Crippen LogP) is 4.68. The highest BCUT2D eigenvalue weighted by Gasteiger charge is 2.61. The Bertz CT molecular complexity index is 464. The van der Waals surface area contributed by atoms with Gasteiger partial charge in [-0.25, -0.2) is 0 Å². The van der Waals surface area contributed by atoms with Gasteiger partial charge in [0.05, 0.1) is 22.4 Å². The van der Waals surface area contributed by atoms with Gasteiger partial charge in [0.1, 0.15) is 0 Å². The van der Waals surface area contributed by atoms with E-state index in [1.54, 1.807) is 0 Å². The number of hydrogen-bond donors (Lipinski definition) is 0. The van der Waals surface area contributed by atoms with Crippen molar-refractivity contribution in [3.8, 4) is 0 Å². The second kappa shape index (κ2) is 6.12. The Morgan fingerprint density at radius 3 is 1.16 bits per heavy atom. The zero-order chi connectivity index (χ0) is 19.5. The molecular weight excluding hydrogens is 314 g/mol. The lowest BCUT2D eigenvalue weighted by Gasteiger charge is -2.32. The molecule has 0 aliphatic carbocycles. The Morgan fingerprint density at radius 1 is 0.640 bits per heavy atom. The highest BCUT2D eigenvalue weighted by Crippen LogP contribution is 2.46. The molecule has 2 saturated heterocycles. The van der Waals surface area contributed by atoms with Crippen LogP contribution in [0, 0.1) is 5.41 Å². The topological polar surface area (TPSA) is 36.9 Å². The van der Waals surface area contributed by atoms with E-state index in [4.69, 9.17) is 18.6 Å². The molecule has 0 aromatic heterocycles. The maximum Gasteiger partial charge on any atom is 0.462 e. The Hall–Kier alpha value is -0.290. The van der Waals surface area contributed by atoms with E-state index in [1.165, 1.54) is 0 Å². The van der Waals surface area contributed by atoms with Crippen LogP contribution in [-0.2, 0) is 18.6 Å². The fourth-order valence-electron chi connectivity index (χ4n) is 2.80. The summed E-state index contributed by atoms with van der Waals surface area (Å²) in [5.74, 6) is 0. The quantitative estimate of drug-likeness (QED) is 0.547. The average molecular weight is 350 g/mol. The summed E-state index contributed by atoms with van der Waals surface area (Å²) in [6.07, 6.45) is 4.33. The molecule has 0 N–H and O–H groups in total. The monoisotopic (exact) mass is 350 g/mol. The van der Waals surface area contributed by atoms with Crippen molar-refractivity contribution in [1.82, 2.24) is 0 Å². The molecule has 142 valence electrons. The Kier molecular flexibility index (Phi) is 5.14. The molecule has 0 aromatic carbocycles. The number of hydrogen-bond acceptors (Lipinski definition) is 4. The van der Waals surface area contributed by atoms with Crippen LogP contribution in [0.2, 0.25) is 5.72 Å². The summed E-state index contributed by atoms with van der Waals surface area (Å²) >= 11 is 0. The van der Waals surface area contributed by atoms with Crippen LogP contribution in [0.3, 0.4) is 0 Å². The minimum Gasteiger partial charge on any atom is -0.403 e. The van der Waals surface area contributed by atoms with E-state index in [2.05, 4.69) is 88.3 Å². The molecule has 25 heavy (non-hydrogen) atoms. The van der Waals surface area contributed by atoms with Crippen LogP contribution in [0.1, 0.15) is 76.2 Å². The van der Waals surface area contributed by atoms with Gasteiger partial charge in [-0.3, -0.25) is 0 Å². The van der Waals surface area contributed by atoms with Crippen LogP contribution in [0.25, 0.3) is 0 Å². The van der Waals surface area contributed by atoms with Crippen molar-refractivity contribution in [2.75, 3.05) is 0 Å². The third kappa shape index (κ3) is 4.18. The smallest absolute Gasteiger partial charge is 0.403 e. The van der Waals surface area contributed by atoms with E-state index in [9.17, 15) is 0 Å². The van der Waals surface area contributed by atoms with Gasteiger partial charge in [-0.2, -0.15) is 0 Å². The fourth-order valence-corrected chi connectivity index (χ4v) is 2.80. The van der Waals surface area contributed by atoms with Gasteiger partial charge in [-0.05, 0) is 60.8 Å². The Balaban J connectivity index is 2.32. The zero-order valence-electron chi connectivity index (χ0n) is 18.0. The minimum absolute atomic E-state index is 0.0610. The Labute approximate surface area is 155 Å². The first-order chi connectivity index (χ1) is 11.0. The molecule has 0 radical (unpaired) electrons. The minimum atomic E-state index is -0.404. The van der Waals surface area contributed by atoms with Crippen LogP contribution in [-0.4, -0.2) is 36.6 Å². The van der Waals surface area contributed by atoms with Crippen LogP contribution in [0.4, 0.5) is 0 Å². The van der Waals surface area contributed by atoms with E-state index >= 15 is 0 Å². The van der Waals surface area contributed by atoms with Crippen LogP contribution in [0.15, 0.2) is 12.2 Å². The van der Waals surface area contributed by atoms with Crippen molar-refractivity contribution in [2.24, 2.45) is 5.41 Å². The lowest BCUT2D eigenvalue weighted by molar-refractivity contribution is 0.00578. The molecule has 2 aliphatic heterocycles. The van der Waals surface area contributed by atoms with Crippen molar-refractivity contribution >= 4 is 14.2 Å². The second-order valence-corrected chi connectivity index (χ2v) is 10.6. The molecule has 2 aliphatic rings. The standard InChI is InChI=1S/C19H36B2O4/c1-15(2,3)13-12-14(20-22-16(4,5)17(6,7)23-20)21-24-18(8,9)19(10,11)25-21/h12-14H,1-11H3/b13-12+. The first-order valence-electron chi connectivity index (χ1n) is 9.38. The van der Waals surface area contributed by atoms with Crippen LogP contribution in [0.5, 0.6) is 0 Å². The summed E-state index contributed by atoms with van der Waals surface area (Å²) in [6.45, 7) is 23.1. The van der Waals surface area contributed by atoms with Gasteiger partial charge in [-0.1, -0.05) is 32.9 Å². The van der Waals surface area contributed by atoms with Crippen molar-refractivity contribution < 1.29 is 18.6 Å². The second-order valence-electron chi connectivity index (χ2n) is 10.6. The van der Waals surface area contributed by atoms with Gasteiger partial charge in [0, 0.05) is 5.72 Å². The molecule has 0 aromatic rings. The number of allylic oxidation sites excluding steroid dienone is 2. The largest absolute Gasteiger partial charge is 0.462 e. The number of rotatable bonds is 3. The summed E-state index contributed by atoms with van der Waals surface area (Å²) in [5.41, 5.74) is -1.60. The summed E-state index contributed by atoms with van der Waals surface area (Å²) in [5, 5.41) is 0. The lowest BCUT2D eigenvalue weighted by Crippen LogP contribution is -2.41. The molecule has 0 spiro atoms. The maximum absolute atomic E-state index is 6.31. The lowest BCUT2D eigenvalue weighted by atomic mass is 9.51. The van der Waals surface area contributed by atoms with Crippen LogP contribution >= 0.6 is 0 Å². The van der Waals surface area contributed by atoms with Gasteiger partial charge >= 0.3 is 14.2 Å². The molecule has 4 nitrogen and oxygen atoms in total. The van der Waals surface area contributed by atoms with E-state index in [-0.39, 0.29) is 33.5 Å². The Morgan fingerprint density at radius 2 is 0.920 bits per heavy atom. The maximum atomic E-state index is 6.31. The van der Waals surface area contributed by atoms with Crippen molar-refractivity contribution in [3.63, 3.8) is 0 Å². The first-order valence-corrected chi connectivity index (χ1v) is 9.38. The molecule has 0 amide bonds.